The van der Waals surface area contributed by atoms with Gasteiger partial charge in [-0.2, -0.15) is 0 Å². The molecule has 0 aromatic heterocycles. The summed E-state index contributed by atoms with van der Waals surface area (Å²) in [7, 11) is 0. The highest BCUT2D eigenvalue weighted by Crippen LogP contribution is 2.02. The zero-order valence-corrected chi connectivity index (χ0v) is 7.42. The molecule has 2 unspecified atom stereocenters. The summed E-state index contributed by atoms with van der Waals surface area (Å²) in [5.41, 5.74) is 16.9. The molecule has 0 aromatic rings. The lowest BCUT2D eigenvalue weighted by molar-refractivity contribution is 0.479. The second-order valence-corrected chi connectivity index (χ2v) is 3.10. The van der Waals surface area contributed by atoms with E-state index in [1.165, 1.54) is 0 Å². The van der Waals surface area contributed by atoms with Gasteiger partial charge >= 0.3 is 0 Å². The van der Waals surface area contributed by atoms with Crippen molar-refractivity contribution in [3.8, 4) is 0 Å². The minimum absolute atomic E-state index is 0.244. The molecule has 0 aliphatic carbocycles. The molecule has 0 aromatic carbocycles. The van der Waals surface area contributed by atoms with Crippen molar-refractivity contribution in [3.05, 3.63) is 0 Å². The van der Waals surface area contributed by atoms with E-state index < -0.39 is 0 Å². The first-order chi connectivity index (χ1) is 5.20. The molecular weight excluding hydrogens is 138 g/mol. The van der Waals surface area contributed by atoms with Crippen LogP contribution in [0.15, 0.2) is 0 Å². The summed E-state index contributed by atoms with van der Waals surface area (Å²) in [6.45, 7) is 2.81. The van der Waals surface area contributed by atoms with Crippen LogP contribution in [0.25, 0.3) is 0 Å². The summed E-state index contributed by atoms with van der Waals surface area (Å²) in [4.78, 5) is 0. The topological polar surface area (TPSA) is 78.1 Å². The summed E-state index contributed by atoms with van der Waals surface area (Å²) in [6, 6.07) is 0.510. The van der Waals surface area contributed by atoms with E-state index in [1.807, 2.05) is 0 Å². The summed E-state index contributed by atoms with van der Waals surface area (Å²) >= 11 is 0. The van der Waals surface area contributed by atoms with E-state index in [9.17, 15) is 0 Å². The lowest BCUT2D eigenvalue weighted by atomic mass is 10.0. The summed E-state index contributed by atoms with van der Waals surface area (Å²) < 4.78 is 0. The Morgan fingerprint density at radius 2 is 1.82 bits per heavy atom. The molecule has 0 spiro atoms. The van der Waals surface area contributed by atoms with E-state index >= 15 is 0 Å². The maximum Gasteiger partial charge on any atom is 0.00540 e. The van der Waals surface area contributed by atoms with Crippen LogP contribution in [0, 0.1) is 0 Å². The Balaban J connectivity index is 3.27. The van der Waals surface area contributed by atoms with Gasteiger partial charge in [-0.3, -0.25) is 0 Å². The van der Waals surface area contributed by atoms with E-state index in [2.05, 4.69) is 6.92 Å². The molecule has 3 heteroatoms. The lowest BCUT2D eigenvalue weighted by Crippen LogP contribution is -2.31. The predicted molar refractivity (Wildman–Crippen MR) is 49.1 cm³/mol. The van der Waals surface area contributed by atoms with Gasteiger partial charge in [0.2, 0.25) is 0 Å². The van der Waals surface area contributed by atoms with Crippen LogP contribution in [0.1, 0.15) is 32.6 Å². The molecule has 11 heavy (non-hydrogen) atoms. The van der Waals surface area contributed by atoms with Crippen molar-refractivity contribution < 1.29 is 0 Å². The molecule has 0 heterocycles. The highest BCUT2D eigenvalue weighted by Gasteiger charge is 2.06. The molecule has 0 saturated carbocycles. The van der Waals surface area contributed by atoms with E-state index in [1.54, 1.807) is 0 Å². The Morgan fingerprint density at radius 1 is 1.18 bits per heavy atom. The zero-order chi connectivity index (χ0) is 8.69. The molecule has 0 amide bonds. The normalized spacial score (nSPS) is 16.4. The fourth-order valence-electron chi connectivity index (χ4n) is 1.05. The molecule has 0 aliphatic rings. The maximum atomic E-state index is 5.80. The van der Waals surface area contributed by atoms with Crippen LogP contribution < -0.4 is 17.2 Å². The molecule has 0 saturated heterocycles. The van der Waals surface area contributed by atoms with Crippen molar-refractivity contribution in [3.63, 3.8) is 0 Å². The van der Waals surface area contributed by atoms with Gasteiger partial charge in [0, 0.05) is 12.1 Å². The van der Waals surface area contributed by atoms with Gasteiger partial charge in [0.15, 0.2) is 0 Å². The first kappa shape index (κ1) is 10.9. The maximum absolute atomic E-state index is 5.80. The van der Waals surface area contributed by atoms with Gasteiger partial charge in [0.05, 0.1) is 0 Å². The Hall–Kier alpha value is -0.120. The third kappa shape index (κ3) is 6.28. The number of nitrogens with two attached hydrogens (primary N) is 3. The minimum atomic E-state index is 0.244. The van der Waals surface area contributed by atoms with Crippen molar-refractivity contribution in [1.82, 2.24) is 0 Å². The van der Waals surface area contributed by atoms with Crippen LogP contribution in [0.5, 0.6) is 0 Å². The van der Waals surface area contributed by atoms with Crippen LogP contribution in [0.3, 0.4) is 0 Å². The molecule has 3 nitrogen and oxygen atoms in total. The van der Waals surface area contributed by atoms with Gasteiger partial charge in [-0.05, 0) is 32.2 Å². The Bertz CT molecular complexity index is 85.4. The van der Waals surface area contributed by atoms with Crippen molar-refractivity contribution in [1.29, 1.82) is 0 Å². The number of rotatable bonds is 6. The highest BCUT2D eigenvalue weighted by molar-refractivity contribution is 4.69. The summed E-state index contributed by atoms with van der Waals surface area (Å²) in [5.74, 6) is 0. The smallest absolute Gasteiger partial charge is 0.00540 e. The van der Waals surface area contributed by atoms with Crippen LogP contribution in [-0.2, 0) is 0 Å². The third-order valence-corrected chi connectivity index (χ3v) is 1.91. The zero-order valence-electron chi connectivity index (χ0n) is 7.42. The van der Waals surface area contributed by atoms with Gasteiger partial charge in [-0.1, -0.05) is 6.92 Å². The van der Waals surface area contributed by atoms with Crippen LogP contribution >= 0.6 is 0 Å². The molecule has 0 radical (unpaired) electrons. The fourth-order valence-corrected chi connectivity index (χ4v) is 1.05. The van der Waals surface area contributed by atoms with Gasteiger partial charge < -0.3 is 17.2 Å². The molecule has 0 rings (SSSR count). The van der Waals surface area contributed by atoms with Crippen molar-refractivity contribution >= 4 is 0 Å². The quantitative estimate of drug-likeness (QED) is 0.517. The molecule has 0 fully saturated rings. The van der Waals surface area contributed by atoms with Crippen molar-refractivity contribution in [2.45, 2.75) is 44.7 Å². The van der Waals surface area contributed by atoms with Crippen LogP contribution in [0.2, 0.25) is 0 Å². The monoisotopic (exact) mass is 159 g/mol. The first-order valence-electron chi connectivity index (χ1n) is 4.42. The Labute approximate surface area is 69.3 Å². The predicted octanol–water partition coefficient (Wildman–Crippen LogP) is 0.180. The average Bonchev–Trinajstić information content (AvgIpc) is 2.00. The van der Waals surface area contributed by atoms with E-state index in [0.29, 0.717) is 0 Å². The average molecular weight is 159 g/mol. The van der Waals surface area contributed by atoms with Gasteiger partial charge in [0.25, 0.3) is 0 Å². The number of hydrogen-bond donors (Lipinski definition) is 3. The van der Waals surface area contributed by atoms with Crippen LogP contribution in [-0.4, -0.2) is 18.6 Å². The Kier molecular flexibility index (Phi) is 6.51. The molecule has 68 valence electrons. The second-order valence-electron chi connectivity index (χ2n) is 3.10. The largest absolute Gasteiger partial charge is 0.330 e. The van der Waals surface area contributed by atoms with Gasteiger partial charge in [-0.15, -0.1) is 0 Å². The first-order valence-corrected chi connectivity index (χ1v) is 4.42. The third-order valence-electron chi connectivity index (χ3n) is 1.91. The molecule has 0 aliphatic heterocycles. The summed E-state index contributed by atoms with van der Waals surface area (Å²) in [6.07, 6.45) is 3.95. The highest BCUT2D eigenvalue weighted by atomic mass is 14.7. The SMILES string of the molecule is CCC(N)CC(N)CCCN. The second kappa shape index (κ2) is 6.58. The molecular formula is C8H21N3. The van der Waals surface area contributed by atoms with Gasteiger partial charge in [0.1, 0.15) is 0 Å². The van der Waals surface area contributed by atoms with E-state index in [-0.39, 0.29) is 12.1 Å². The lowest BCUT2D eigenvalue weighted by Gasteiger charge is -2.14. The fraction of sp³-hybridized carbons (Fsp3) is 1.00. The van der Waals surface area contributed by atoms with E-state index in [0.717, 1.165) is 32.2 Å². The van der Waals surface area contributed by atoms with Crippen LogP contribution in [0.4, 0.5) is 0 Å². The van der Waals surface area contributed by atoms with Crippen molar-refractivity contribution in [2.24, 2.45) is 17.2 Å². The standard InChI is InChI=1S/C8H21N3/c1-2-7(10)6-8(11)4-3-5-9/h7-8H,2-6,9-11H2,1H3. The molecule has 0 bridgehead atoms. The minimum Gasteiger partial charge on any atom is -0.330 e. The molecule has 2 atom stereocenters. The van der Waals surface area contributed by atoms with Crippen molar-refractivity contribution in [2.75, 3.05) is 6.54 Å². The van der Waals surface area contributed by atoms with Gasteiger partial charge in [-0.25, -0.2) is 0 Å². The van der Waals surface area contributed by atoms with E-state index in [4.69, 9.17) is 17.2 Å². The summed E-state index contributed by atoms with van der Waals surface area (Å²) in [5, 5.41) is 0. The number of hydrogen-bond acceptors (Lipinski definition) is 3. The Morgan fingerprint density at radius 3 is 2.27 bits per heavy atom. The molecule has 6 N–H and O–H groups in total.